The van der Waals surface area contributed by atoms with E-state index in [0.29, 0.717) is 0 Å². The first-order valence-electron chi connectivity index (χ1n) is 3.36. The van der Waals surface area contributed by atoms with Gasteiger partial charge in [-0.3, -0.25) is 4.79 Å². The van der Waals surface area contributed by atoms with Crippen LogP contribution >= 0.6 is 0 Å². The Bertz CT molecular complexity index is 250. The molecule has 1 rings (SSSR count). The molecular formula is C7H9NO4. The predicted molar refractivity (Wildman–Crippen MR) is 38.8 cm³/mol. The lowest BCUT2D eigenvalue weighted by Crippen LogP contribution is -2.50. The van der Waals surface area contributed by atoms with Crippen molar-refractivity contribution >= 4 is 11.9 Å². The van der Waals surface area contributed by atoms with Crippen LogP contribution in [-0.2, 0) is 14.3 Å². The van der Waals surface area contributed by atoms with Crippen molar-refractivity contribution in [2.75, 3.05) is 0 Å². The number of carbonyl (C=O) groups is 2. The average Bonchev–Trinajstić information content (AvgIpc) is 2.26. The molecule has 1 heterocycles. The number of cyclic esters (lactones) is 2. The molecule has 1 aliphatic heterocycles. The summed E-state index contributed by atoms with van der Waals surface area (Å²) in [6, 6.07) is -0.976. The molecule has 12 heavy (non-hydrogen) atoms. The number of rotatable bonds is 2. The third-order valence-corrected chi connectivity index (χ3v) is 1.78. The molecule has 1 fully saturated rings. The highest BCUT2D eigenvalue weighted by Gasteiger charge is 2.51. The molecular weight excluding hydrogens is 162 g/mol. The Balaban J connectivity index is 2.91. The summed E-state index contributed by atoms with van der Waals surface area (Å²) in [5, 5.41) is 9.51. The highest BCUT2D eigenvalue weighted by molar-refractivity contribution is 5.99. The molecule has 5 nitrogen and oxygen atoms in total. The Kier molecular flexibility index (Phi) is 1.99. The second-order valence-electron chi connectivity index (χ2n) is 2.62. The van der Waals surface area contributed by atoms with Crippen LogP contribution in [0.4, 0.5) is 0 Å². The van der Waals surface area contributed by atoms with Gasteiger partial charge in [0, 0.05) is 0 Å². The molecule has 1 saturated heterocycles. The van der Waals surface area contributed by atoms with Gasteiger partial charge in [0.1, 0.15) is 0 Å². The maximum atomic E-state index is 10.9. The Morgan fingerprint density at radius 1 is 1.75 bits per heavy atom. The van der Waals surface area contributed by atoms with Gasteiger partial charge in [-0.1, -0.05) is 6.08 Å². The fourth-order valence-electron chi connectivity index (χ4n) is 0.969. The molecule has 0 bridgehead atoms. The number of nitrogens with two attached hydrogens (primary N) is 1. The van der Waals surface area contributed by atoms with Crippen molar-refractivity contribution < 1.29 is 19.4 Å². The smallest absolute Gasteiger partial charge is 0.348 e. The van der Waals surface area contributed by atoms with Crippen molar-refractivity contribution in [1.82, 2.24) is 0 Å². The van der Waals surface area contributed by atoms with Crippen LogP contribution in [0.25, 0.3) is 0 Å². The largest absolute Gasteiger partial charge is 0.391 e. The third-order valence-electron chi connectivity index (χ3n) is 1.78. The van der Waals surface area contributed by atoms with E-state index in [2.05, 4.69) is 11.3 Å². The minimum atomic E-state index is -1.92. The van der Waals surface area contributed by atoms with Gasteiger partial charge in [0.2, 0.25) is 0 Å². The van der Waals surface area contributed by atoms with Gasteiger partial charge in [0.05, 0.1) is 12.5 Å². The summed E-state index contributed by atoms with van der Waals surface area (Å²) >= 11 is 0. The van der Waals surface area contributed by atoms with Crippen LogP contribution in [0.5, 0.6) is 0 Å². The quantitative estimate of drug-likeness (QED) is 0.306. The van der Waals surface area contributed by atoms with Crippen molar-refractivity contribution in [3.63, 3.8) is 0 Å². The molecule has 0 amide bonds. The lowest BCUT2D eigenvalue weighted by Gasteiger charge is -2.20. The summed E-state index contributed by atoms with van der Waals surface area (Å²) in [6.07, 6.45) is 0.791. The molecule has 0 spiro atoms. The number of carbonyl (C=O) groups excluding carboxylic acids is 2. The molecule has 2 atom stereocenters. The van der Waals surface area contributed by atoms with Crippen LogP contribution in [-0.4, -0.2) is 28.7 Å². The molecule has 0 radical (unpaired) electrons. The zero-order valence-electron chi connectivity index (χ0n) is 6.32. The SMILES string of the molecule is C=CC(N)C1(O)CC(=O)OC1=O. The topological polar surface area (TPSA) is 89.6 Å². The highest BCUT2D eigenvalue weighted by Crippen LogP contribution is 2.24. The number of aliphatic hydroxyl groups is 1. The van der Waals surface area contributed by atoms with Crippen LogP contribution < -0.4 is 5.73 Å². The predicted octanol–water partition coefficient (Wildman–Crippen LogP) is -1.30. The molecule has 0 aromatic carbocycles. The van der Waals surface area contributed by atoms with Crippen molar-refractivity contribution in [2.45, 2.75) is 18.1 Å². The Morgan fingerprint density at radius 3 is 2.67 bits per heavy atom. The summed E-state index contributed by atoms with van der Waals surface area (Å²) < 4.78 is 4.14. The standard InChI is InChI=1S/C7H9NO4/c1-2-4(8)7(11)3-5(9)12-6(7)10/h2,4,11H,1,3,8H2. The van der Waals surface area contributed by atoms with Crippen LogP contribution in [0.2, 0.25) is 0 Å². The second kappa shape index (κ2) is 2.69. The summed E-state index contributed by atoms with van der Waals surface area (Å²) in [4.78, 5) is 21.5. The van der Waals surface area contributed by atoms with Gasteiger partial charge in [-0.05, 0) is 0 Å². The highest BCUT2D eigenvalue weighted by atomic mass is 16.6. The Hall–Kier alpha value is -1.20. The van der Waals surface area contributed by atoms with Gasteiger partial charge in [0.15, 0.2) is 5.60 Å². The van der Waals surface area contributed by atoms with E-state index in [-0.39, 0.29) is 0 Å². The minimum Gasteiger partial charge on any atom is -0.391 e. The normalized spacial score (nSPS) is 31.5. The number of hydrogen-bond donors (Lipinski definition) is 2. The summed E-state index contributed by atoms with van der Waals surface area (Å²) in [6.45, 7) is 3.31. The molecule has 1 aliphatic rings. The molecule has 0 aromatic rings. The fourth-order valence-corrected chi connectivity index (χ4v) is 0.969. The van der Waals surface area contributed by atoms with Gasteiger partial charge in [0.25, 0.3) is 0 Å². The average molecular weight is 171 g/mol. The van der Waals surface area contributed by atoms with Crippen molar-refractivity contribution in [3.8, 4) is 0 Å². The first-order chi connectivity index (χ1) is 5.50. The number of ether oxygens (including phenoxy) is 1. The van der Waals surface area contributed by atoms with Gasteiger partial charge >= 0.3 is 11.9 Å². The second-order valence-corrected chi connectivity index (χ2v) is 2.62. The van der Waals surface area contributed by atoms with Crippen LogP contribution in [0, 0.1) is 0 Å². The van der Waals surface area contributed by atoms with Gasteiger partial charge in [-0.15, -0.1) is 6.58 Å². The van der Waals surface area contributed by atoms with Gasteiger partial charge in [-0.2, -0.15) is 0 Å². The lowest BCUT2D eigenvalue weighted by molar-refractivity contribution is -0.159. The van der Waals surface area contributed by atoms with E-state index >= 15 is 0 Å². The maximum Gasteiger partial charge on any atom is 0.348 e. The minimum absolute atomic E-state index is 0.404. The van der Waals surface area contributed by atoms with Crippen molar-refractivity contribution in [2.24, 2.45) is 5.73 Å². The third kappa shape index (κ3) is 1.13. The summed E-state index contributed by atoms with van der Waals surface area (Å²) in [5.41, 5.74) is 3.43. The molecule has 5 heteroatoms. The van der Waals surface area contributed by atoms with E-state index in [0.717, 1.165) is 0 Å². The molecule has 0 aliphatic carbocycles. The molecule has 0 aromatic heterocycles. The Labute approximate surface area is 68.8 Å². The first kappa shape index (κ1) is 8.89. The molecule has 2 unspecified atom stereocenters. The fraction of sp³-hybridized carbons (Fsp3) is 0.429. The van der Waals surface area contributed by atoms with E-state index in [1.54, 1.807) is 0 Å². The van der Waals surface area contributed by atoms with Gasteiger partial charge in [-0.25, -0.2) is 4.79 Å². The van der Waals surface area contributed by atoms with E-state index < -0.39 is 30.0 Å². The maximum absolute atomic E-state index is 10.9. The van der Waals surface area contributed by atoms with Crippen LogP contribution in [0.3, 0.4) is 0 Å². The van der Waals surface area contributed by atoms with Gasteiger partial charge < -0.3 is 15.6 Å². The molecule has 0 saturated carbocycles. The Morgan fingerprint density at radius 2 is 2.33 bits per heavy atom. The lowest BCUT2D eigenvalue weighted by atomic mass is 9.93. The zero-order valence-corrected chi connectivity index (χ0v) is 6.32. The summed E-state index contributed by atoms with van der Waals surface area (Å²) in [5.74, 6) is -1.76. The van der Waals surface area contributed by atoms with E-state index in [4.69, 9.17) is 5.73 Å². The first-order valence-corrected chi connectivity index (χ1v) is 3.36. The van der Waals surface area contributed by atoms with E-state index in [1.807, 2.05) is 0 Å². The van der Waals surface area contributed by atoms with E-state index in [1.165, 1.54) is 6.08 Å². The van der Waals surface area contributed by atoms with Crippen LogP contribution in [0.1, 0.15) is 6.42 Å². The van der Waals surface area contributed by atoms with Crippen molar-refractivity contribution in [1.29, 1.82) is 0 Å². The monoisotopic (exact) mass is 171 g/mol. The van der Waals surface area contributed by atoms with Crippen LogP contribution in [0.15, 0.2) is 12.7 Å². The van der Waals surface area contributed by atoms with E-state index in [9.17, 15) is 14.7 Å². The number of esters is 2. The number of hydrogen-bond acceptors (Lipinski definition) is 5. The molecule has 3 N–H and O–H groups in total. The van der Waals surface area contributed by atoms with Crippen molar-refractivity contribution in [3.05, 3.63) is 12.7 Å². The summed E-state index contributed by atoms with van der Waals surface area (Å²) in [7, 11) is 0. The molecule has 66 valence electrons. The zero-order chi connectivity index (χ0) is 9.35.